The van der Waals surface area contributed by atoms with Gasteiger partial charge in [0.25, 0.3) is 0 Å². The van der Waals surface area contributed by atoms with Crippen molar-refractivity contribution in [3.05, 3.63) is 61.1 Å². The van der Waals surface area contributed by atoms with Crippen LogP contribution in [0.3, 0.4) is 0 Å². The summed E-state index contributed by atoms with van der Waals surface area (Å²) in [5.74, 6) is 0.442. The Morgan fingerprint density at radius 3 is 2.49 bits per heavy atom. The number of rotatable bonds is 7. The van der Waals surface area contributed by atoms with E-state index in [9.17, 15) is 8.42 Å². The lowest BCUT2D eigenvalue weighted by Gasteiger charge is -2.31. The van der Waals surface area contributed by atoms with Gasteiger partial charge in [0.05, 0.1) is 10.6 Å². The molecule has 1 N–H and O–H groups in total. The minimum absolute atomic E-state index is 0.290. The van der Waals surface area contributed by atoms with Crippen molar-refractivity contribution in [2.45, 2.75) is 24.8 Å². The Balaban J connectivity index is 1.37. The van der Waals surface area contributed by atoms with Crippen LogP contribution in [0.15, 0.2) is 66.0 Å². The van der Waals surface area contributed by atoms with Gasteiger partial charge in [-0.15, -0.1) is 0 Å². The summed E-state index contributed by atoms with van der Waals surface area (Å²) in [5, 5.41) is 4.24. The minimum atomic E-state index is -3.50. The number of piperazine rings is 1. The number of anilines is 2. The molecule has 5 rings (SSSR count). The molecule has 1 fully saturated rings. The summed E-state index contributed by atoms with van der Waals surface area (Å²) in [6.45, 7) is 5.50. The van der Waals surface area contributed by atoms with Gasteiger partial charge in [-0.2, -0.15) is 4.31 Å². The van der Waals surface area contributed by atoms with Crippen molar-refractivity contribution in [1.29, 1.82) is 0 Å². The summed E-state index contributed by atoms with van der Waals surface area (Å²) in [4.78, 5) is 16.0. The molecule has 9 nitrogen and oxygen atoms in total. The molecule has 1 aliphatic rings. The van der Waals surface area contributed by atoms with Crippen molar-refractivity contribution in [2.24, 2.45) is 0 Å². The highest BCUT2D eigenvalue weighted by molar-refractivity contribution is 7.89. The minimum Gasteiger partial charge on any atom is -0.332 e. The van der Waals surface area contributed by atoms with E-state index in [-0.39, 0.29) is 0 Å². The Morgan fingerprint density at radius 2 is 1.74 bits per heavy atom. The molecule has 10 heteroatoms. The molecule has 0 saturated carbocycles. The fourth-order valence-corrected chi connectivity index (χ4v) is 5.75. The van der Waals surface area contributed by atoms with Gasteiger partial charge in [-0.3, -0.25) is 0 Å². The fourth-order valence-electron chi connectivity index (χ4n) is 4.32. The quantitative estimate of drug-likeness (QED) is 0.422. The molecule has 0 unspecified atom stereocenters. The molecule has 1 aromatic carbocycles. The number of nitrogens with one attached hydrogen (secondary N) is 1. The van der Waals surface area contributed by atoms with Gasteiger partial charge in [-0.05, 0) is 55.9 Å². The first-order valence-electron chi connectivity index (χ1n) is 11.8. The zero-order valence-electron chi connectivity index (χ0n) is 19.9. The second kappa shape index (κ2) is 9.73. The molecular formula is C25H29N7O2S. The Labute approximate surface area is 205 Å². The van der Waals surface area contributed by atoms with Gasteiger partial charge < -0.3 is 14.8 Å². The molecule has 1 saturated heterocycles. The van der Waals surface area contributed by atoms with Crippen LogP contribution >= 0.6 is 0 Å². The number of benzene rings is 1. The molecule has 0 atom stereocenters. The van der Waals surface area contributed by atoms with E-state index in [1.165, 1.54) is 0 Å². The molecule has 4 heterocycles. The van der Waals surface area contributed by atoms with Gasteiger partial charge in [-0.25, -0.2) is 23.4 Å². The molecule has 0 spiro atoms. The number of hydrogen-bond acceptors (Lipinski definition) is 7. The zero-order chi connectivity index (χ0) is 24.4. The number of nitrogens with zero attached hydrogens (tertiary/aromatic N) is 6. The average Bonchev–Trinajstić information content (AvgIpc) is 3.24. The molecule has 35 heavy (non-hydrogen) atoms. The smallest absolute Gasteiger partial charge is 0.243 e. The first kappa shape index (κ1) is 23.4. The van der Waals surface area contributed by atoms with Crippen LogP contribution in [-0.4, -0.2) is 70.4 Å². The summed E-state index contributed by atoms with van der Waals surface area (Å²) < 4.78 is 29.7. The molecule has 0 radical (unpaired) electrons. The van der Waals surface area contributed by atoms with Crippen molar-refractivity contribution in [3.63, 3.8) is 0 Å². The zero-order valence-corrected chi connectivity index (χ0v) is 20.7. The van der Waals surface area contributed by atoms with Crippen LogP contribution in [0.5, 0.6) is 0 Å². The monoisotopic (exact) mass is 491 g/mol. The van der Waals surface area contributed by atoms with Crippen molar-refractivity contribution in [3.8, 4) is 11.3 Å². The third kappa shape index (κ3) is 4.77. The van der Waals surface area contributed by atoms with Crippen molar-refractivity contribution >= 4 is 32.7 Å². The Hall–Kier alpha value is -3.34. The number of hydrogen-bond donors (Lipinski definition) is 1. The molecule has 0 amide bonds. The van der Waals surface area contributed by atoms with E-state index >= 15 is 0 Å². The highest BCUT2D eigenvalue weighted by Gasteiger charge is 2.27. The fraction of sp³-hybridized carbons (Fsp3) is 0.320. The first-order chi connectivity index (χ1) is 17.0. The lowest BCUT2D eigenvalue weighted by atomic mass is 10.1. The van der Waals surface area contributed by atoms with Gasteiger partial charge in [0.2, 0.25) is 16.0 Å². The van der Waals surface area contributed by atoms with Crippen molar-refractivity contribution < 1.29 is 8.42 Å². The number of likely N-dealkylation sites (N-methyl/N-ethyl adjacent to an activating group) is 1. The van der Waals surface area contributed by atoms with Gasteiger partial charge >= 0.3 is 0 Å². The normalized spacial score (nSPS) is 15.5. The third-order valence-corrected chi connectivity index (χ3v) is 8.15. The maximum atomic E-state index is 13.0. The summed E-state index contributed by atoms with van der Waals surface area (Å²) >= 11 is 0. The number of sulfonamides is 1. The van der Waals surface area contributed by atoms with Gasteiger partial charge in [0.15, 0.2) is 0 Å². The van der Waals surface area contributed by atoms with E-state index < -0.39 is 10.0 Å². The van der Waals surface area contributed by atoms with E-state index in [4.69, 9.17) is 4.98 Å². The SMILES string of the molecule is CCCn1cc(-c2ccnc(Nc3ccc(S(=O)(=O)N4CCN(C)CC4)cc3)n2)c2cccnc21. The molecular weight excluding hydrogens is 462 g/mol. The van der Waals surface area contributed by atoms with Gasteiger partial charge in [0.1, 0.15) is 5.65 Å². The standard InChI is InChI=1S/C25H29N7O2S/c1-3-13-31-18-22(21-5-4-11-26-24(21)31)23-10-12-27-25(29-23)28-19-6-8-20(9-7-19)35(33,34)32-16-14-30(2)15-17-32/h4-12,18H,3,13-17H2,1-2H3,(H,27,28,29). The van der Waals surface area contributed by atoms with Crippen LogP contribution in [0.1, 0.15) is 13.3 Å². The third-order valence-electron chi connectivity index (χ3n) is 6.24. The Kier molecular flexibility index (Phi) is 6.50. The van der Waals surface area contributed by atoms with E-state index in [0.29, 0.717) is 23.9 Å². The summed E-state index contributed by atoms with van der Waals surface area (Å²) in [7, 11) is -1.50. The lowest BCUT2D eigenvalue weighted by molar-refractivity contribution is 0.222. The lowest BCUT2D eigenvalue weighted by Crippen LogP contribution is -2.46. The van der Waals surface area contributed by atoms with Gasteiger partial charge in [-0.1, -0.05) is 6.92 Å². The molecule has 182 valence electrons. The summed E-state index contributed by atoms with van der Waals surface area (Å²) in [5.41, 5.74) is 3.45. The molecule has 0 aliphatic carbocycles. The van der Waals surface area contributed by atoms with Crippen LogP contribution < -0.4 is 5.32 Å². The topological polar surface area (TPSA) is 96.2 Å². The van der Waals surface area contributed by atoms with Crippen LogP contribution in [0.2, 0.25) is 0 Å². The van der Waals surface area contributed by atoms with Crippen molar-refractivity contribution in [1.82, 2.24) is 28.7 Å². The number of pyridine rings is 1. The number of fused-ring (bicyclic) bond motifs is 1. The van der Waals surface area contributed by atoms with Crippen LogP contribution in [0.25, 0.3) is 22.3 Å². The highest BCUT2D eigenvalue weighted by atomic mass is 32.2. The largest absolute Gasteiger partial charge is 0.332 e. The Bertz CT molecular complexity index is 1430. The molecule has 3 aromatic heterocycles. The summed E-state index contributed by atoms with van der Waals surface area (Å²) in [6, 6.07) is 12.6. The average molecular weight is 492 g/mol. The van der Waals surface area contributed by atoms with E-state index in [1.807, 2.05) is 19.2 Å². The van der Waals surface area contributed by atoms with Crippen LogP contribution in [0.4, 0.5) is 11.6 Å². The predicted molar refractivity (Wildman–Crippen MR) is 137 cm³/mol. The van der Waals surface area contributed by atoms with E-state index in [2.05, 4.69) is 43.9 Å². The van der Waals surface area contributed by atoms with Crippen molar-refractivity contribution in [2.75, 3.05) is 38.5 Å². The predicted octanol–water partition coefficient (Wildman–Crippen LogP) is 3.58. The first-order valence-corrected chi connectivity index (χ1v) is 13.2. The highest BCUT2D eigenvalue weighted by Crippen LogP contribution is 2.29. The van der Waals surface area contributed by atoms with Crippen LogP contribution in [-0.2, 0) is 16.6 Å². The maximum absolute atomic E-state index is 13.0. The van der Waals surface area contributed by atoms with E-state index in [0.717, 1.165) is 54.0 Å². The number of aromatic nitrogens is 4. The second-order valence-corrected chi connectivity index (χ2v) is 10.7. The van der Waals surface area contributed by atoms with Gasteiger partial charge in [0, 0.05) is 68.0 Å². The maximum Gasteiger partial charge on any atom is 0.243 e. The second-order valence-electron chi connectivity index (χ2n) is 8.73. The molecule has 4 aromatic rings. The Morgan fingerprint density at radius 1 is 0.971 bits per heavy atom. The van der Waals surface area contributed by atoms with Crippen LogP contribution in [0, 0.1) is 0 Å². The summed E-state index contributed by atoms with van der Waals surface area (Å²) in [6.07, 6.45) is 6.62. The number of aryl methyl sites for hydroxylation is 1. The molecule has 1 aliphatic heterocycles. The van der Waals surface area contributed by atoms with E-state index in [1.54, 1.807) is 41.0 Å². The molecule has 0 bridgehead atoms.